The molecule has 0 unspecified atom stereocenters. The van der Waals surface area contributed by atoms with Gasteiger partial charge in [0.2, 0.25) is 5.95 Å². The van der Waals surface area contributed by atoms with Crippen LogP contribution in [-0.2, 0) is 0 Å². The number of nitrogens with one attached hydrogen (secondary N) is 2. The van der Waals surface area contributed by atoms with Crippen LogP contribution in [0.1, 0.15) is 77.9 Å². The van der Waals surface area contributed by atoms with Gasteiger partial charge in [0.15, 0.2) is 5.76 Å². The van der Waals surface area contributed by atoms with Gasteiger partial charge in [-0.15, -0.1) is 0 Å². The van der Waals surface area contributed by atoms with E-state index in [9.17, 15) is 4.79 Å². The number of hydrogen-bond donors (Lipinski definition) is 2. The Morgan fingerprint density at radius 1 is 1.12 bits per heavy atom. The summed E-state index contributed by atoms with van der Waals surface area (Å²) in [6.07, 6.45) is 8.22. The van der Waals surface area contributed by atoms with Crippen LogP contribution >= 0.6 is 0 Å². The summed E-state index contributed by atoms with van der Waals surface area (Å²) in [5, 5.41) is 14.7. The largest absolute Gasteiger partial charge is 0.356 e. The summed E-state index contributed by atoms with van der Waals surface area (Å²) >= 11 is 0. The predicted molar refractivity (Wildman–Crippen MR) is 117 cm³/mol. The van der Waals surface area contributed by atoms with Gasteiger partial charge in [-0.2, -0.15) is 5.10 Å². The number of aryl methyl sites for hydroxylation is 1. The van der Waals surface area contributed by atoms with Crippen LogP contribution in [0.5, 0.6) is 0 Å². The summed E-state index contributed by atoms with van der Waals surface area (Å²) in [6.45, 7) is 3.27. The van der Waals surface area contributed by atoms with Crippen molar-refractivity contribution in [2.45, 2.75) is 63.3 Å². The Labute approximate surface area is 186 Å². The van der Waals surface area contributed by atoms with E-state index in [4.69, 9.17) is 9.51 Å². The molecule has 0 radical (unpaired) electrons. The fraction of sp³-hybridized carbons (Fsp3) is 0.522. The maximum Gasteiger partial charge on any atom is 0.274 e. The number of aromatic nitrogens is 5. The Kier molecular flexibility index (Phi) is 4.69. The highest BCUT2D eigenvalue weighted by molar-refractivity contribution is 5.92. The smallest absolute Gasteiger partial charge is 0.274 e. The normalized spacial score (nSPS) is 19.3. The third-order valence-electron chi connectivity index (χ3n) is 6.63. The molecule has 0 spiro atoms. The molecule has 3 aliphatic rings. The highest BCUT2D eigenvalue weighted by Gasteiger charge is 2.31. The van der Waals surface area contributed by atoms with E-state index in [0.29, 0.717) is 42.5 Å². The molecule has 0 atom stereocenters. The first-order chi connectivity index (χ1) is 15.6. The number of carbonyl (C=O) groups excluding carboxylic acids is 1. The number of rotatable bonds is 6. The molecule has 3 aromatic heterocycles. The number of piperidine rings is 1. The Balaban J connectivity index is 1.20. The first kappa shape index (κ1) is 19.5. The number of aromatic amines is 1. The van der Waals surface area contributed by atoms with E-state index in [1.165, 1.54) is 12.8 Å². The van der Waals surface area contributed by atoms with Gasteiger partial charge in [0.05, 0.1) is 17.0 Å². The van der Waals surface area contributed by atoms with E-state index in [0.717, 1.165) is 48.3 Å². The van der Waals surface area contributed by atoms with E-state index in [-0.39, 0.29) is 11.8 Å². The second-order valence-corrected chi connectivity index (χ2v) is 9.29. The number of hydrogen-bond acceptors (Lipinski definition) is 7. The first-order valence-corrected chi connectivity index (χ1v) is 11.6. The van der Waals surface area contributed by atoms with Gasteiger partial charge in [-0.1, -0.05) is 5.16 Å². The van der Waals surface area contributed by atoms with Gasteiger partial charge in [-0.25, -0.2) is 9.97 Å². The van der Waals surface area contributed by atoms with Crippen molar-refractivity contribution in [1.82, 2.24) is 30.2 Å². The molecule has 4 heterocycles. The van der Waals surface area contributed by atoms with Crippen LogP contribution in [0.2, 0.25) is 0 Å². The van der Waals surface area contributed by atoms with Gasteiger partial charge in [-0.3, -0.25) is 9.89 Å². The topological polar surface area (TPSA) is 113 Å². The van der Waals surface area contributed by atoms with Crippen molar-refractivity contribution >= 4 is 11.9 Å². The minimum atomic E-state index is 0.0106. The zero-order chi connectivity index (χ0) is 21.7. The average molecular weight is 434 g/mol. The van der Waals surface area contributed by atoms with Crippen LogP contribution in [0.15, 0.2) is 22.9 Å². The van der Waals surface area contributed by atoms with Crippen LogP contribution in [0, 0.1) is 6.92 Å². The van der Waals surface area contributed by atoms with Crippen molar-refractivity contribution in [2.24, 2.45) is 0 Å². The van der Waals surface area contributed by atoms with Crippen LogP contribution in [0.25, 0.3) is 11.3 Å². The number of amides is 1. The molecular formula is C23H27N7O2. The molecule has 9 heteroatoms. The van der Waals surface area contributed by atoms with Gasteiger partial charge < -0.3 is 14.7 Å². The van der Waals surface area contributed by atoms with Crippen LogP contribution in [0.4, 0.5) is 5.95 Å². The highest BCUT2D eigenvalue weighted by Crippen LogP contribution is 2.39. The lowest BCUT2D eigenvalue weighted by Gasteiger charge is -2.32. The molecule has 2 saturated carbocycles. The van der Waals surface area contributed by atoms with E-state index < -0.39 is 0 Å². The Hall–Kier alpha value is -3.23. The molecular weight excluding hydrogens is 406 g/mol. The van der Waals surface area contributed by atoms with Crippen molar-refractivity contribution in [3.8, 4) is 11.3 Å². The molecule has 32 heavy (non-hydrogen) atoms. The zero-order valence-corrected chi connectivity index (χ0v) is 18.2. The summed E-state index contributed by atoms with van der Waals surface area (Å²) in [7, 11) is 0. The van der Waals surface area contributed by atoms with E-state index in [1.807, 2.05) is 30.2 Å². The van der Waals surface area contributed by atoms with Crippen LogP contribution < -0.4 is 5.32 Å². The Morgan fingerprint density at radius 2 is 1.94 bits per heavy atom. The maximum absolute atomic E-state index is 13.0. The van der Waals surface area contributed by atoms with Crippen LogP contribution in [-0.4, -0.2) is 55.3 Å². The molecule has 0 aromatic carbocycles. The Morgan fingerprint density at radius 3 is 2.62 bits per heavy atom. The quantitative estimate of drug-likeness (QED) is 0.610. The fourth-order valence-corrected chi connectivity index (χ4v) is 4.43. The summed E-state index contributed by atoms with van der Waals surface area (Å²) in [6, 6.07) is 4.33. The summed E-state index contributed by atoms with van der Waals surface area (Å²) in [5.41, 5.74) is 4.31. The molecule has 2 aliphatic carbocycles. The second-order valence-electron chi connectivity index (χ2n) is 9.29. The zero-order valence-electron chi connectivity index (χ0n) is 18.2. The van der Waals surface area contributed by atoms with E-state index >= 15 is 0 Å². The van der Waals surface area contributed by atoms with Crippen molar-refractivity contribution < 1.29 is 9.32 Å². The van der Waals surface area contributed by atoms with Gasteiger partial charge in [-0.05, 0) is 51.5 Å². The molecule has 1 aliphatic heterocycles. The third kappa shape index (κ3) is 3.87. The molecule has 0 bridgehead atoms. The lowest BCUT2D eigenvalue weighted by Crippen LogP contribution is -2.38. The molecule has 1 amide bonds. The SMILES string of the molecule is Cc1cc(-c2cnc(NC3CC3)nc2C2CCN(C(=O)c3cc(C4CC4)[nH]n3)CC2)on1. The first-order valence-electron chi connectivity index (χ1n) is 11.6. The van der Waals surface area contributed by atoms with Crippen molar-refractivity contribution in [1.29, 1.82) is 0 Å². The molecule has 2 N–H and O–H groups in total. The molecule has 3 aromatic rings. The monoisotopic (exact) mass is 433 g/mol. The average Bonchev–Trinajstić information content (AvgIpc) is 3.74. The van der Waals surface area contributed by atoms with Crippen molar-refractivity contribution in [2.75, 3.05) is 18.4 Å². The molecule has 3 fully saturated rings. The van der Waals surface area contributed by atoms with Gasteiger partial charge in [0.25, 0.3) is 5.91 Å². The number of anilines is 1. The maximum atomic E-state index is 13.0. The van der Waals surface area contributed by atoms with Crippen molar-refractivity contribution in [3.63, 3.8) is 0 Å². The molecule has 6 rings (SSSR count). The number of likely N-dealkylation sites (tertiary alicyclic amines) is 1. The standard InChI is InChI=1S/C23H27N7O2/c1-13-10-20(32-29-13)17-12-24-23(25-16-4-5-16)26-21(17)15-6-8-30(9-7-15)22(31)19-11-18(27-28-19)14-2-3-14/h10-12,14-16H,2-9H2,1H3,(H,27,28)(H,24,25,26). The van der Waals surface area contributed by atoms with Crippen molar-refractivity contribution in [3.05, 3.63) is 41.1 Å². The number of nitrogens with zero attached hydrogens (tertiary/aromatic N) is 5. The minimum absolute atomic E-state index is 0.0106. The highest BCUT2D eigenvalue weighted by atomic mass is 16.5. The lowest BCUT2D eigenvalue weighted by atomic mass is 9.90. The lowest BCUT2D eigenvalue weighted by molar-refractivity contribution is 0.0706. The minimum Gasteiger partial charge on any atom is -0.356 e. The van der Waals surface area contributed by atoms with Gasteiger partial charge >= 0.3 is 0 Å². The third-order valence-corrected chi connectivity index (χ3v) is 6.63. The van der Waals surface area contributed by atoms with E-state index in [1.54, 1.807) is 0 Å². The number of H-pyrrole nitrogens is 1. The summed E-state index contributed by atoms with van der Waals surface area (Å²) in [4.78, 5) is 24.3. The van der Waals surface area contributed by atoms with Gasteiger partial charge in [0.1, 0.15) is 5.69 Å². The molecule has 1 saturated heterocycles. The molecule has 9 nitrogen and oxygen atoms in total. The summed E-state index contributed by atoms with van der Waals surface area (Å²) < 4.78 is 5.53. The Bertz CT molecular complexity index is 1140. The van der Waals surface area contributed by atoms with E-state index in [2.05, 4.69) is 25.7 Å². The predicted octanol–water partition coefficient (Wildman–Crippen LogP) is 3.63. The second kappa shape index (κ2) is 7.72. The fourth-order valence-electron chi connectivity index (χ4n) is 4.43. The van der Waals surface area contributed by atoms with Crippen LogP contribution in [0.3, 0.4) is 0 Å². The molecule has 166 valence electrons. The van der Waals surface area contributed by atoms with Gasteiger partial charge in [0, 0.05) is 48.9 Å². The summed E-state index contributed by atoms with van der Waals surface area (Å²) in [5.74, 6) is 2.16. The number of carbonyl (C=O) groups is 1.